The summed E-state index contributed by atoms with van der Waals surface area (Å²) < 4.78 is 5.47. The number of carbonyl (C=O) groups is 1. The fourth-order valence-corrected chi connectivity index (χ4v) is 2.03. The first kappa shape index (κ1) is 17.2. The van der Waals surface area contributed by atoms with Crippen molar-refractivity contribution < 1.29 is 14.5 Å². The van der Waals surface area contributed by atoms with Crippen molar-refractivity contribution in [2.45, 2.75) is 13.0 Å². The van der Waals surface area contributed by atoms with Gasteiger partial charge < -0.3 is 10.1 Å². The highest BCUT2D eigenvalue weighted by Gasteiger charge is 2.18. The van der Waals surface area contributed by atoms with Crippen molar-refractivity contribution in [1.82, 2.24) is 0 Å². The zero-order valence-corrected chi connectivity index (χ0v) is 13.3. The Labute approximate surface area is 142 Å². The van der Waals surface area contributed by atoms with E-state index in [0.29, 0.717) is 11.3 Å². The van der Waals surface area contributed by atoms with Crippen molar-refractivity contribution in [1.29, 1.82) is 5.26 Å². The molecule has 1 amide bonds. The summed E-state index contributed by atoms with van der Waals surface area (Å²) in [5.74, 6) is -0.0466. The number of carbonyl (C=O) groups excluding carboxylic acids is 1. The van der Waals surface area contributed by atoms with Crippen molar-refractivity contribution in [2.75, 3.05) is 5.32 Å². The van der Waals surface area contributed by atoms with E-state index in [4.69, 9.17) is 21.6 Å². The average Bonchev–Trinajstić information content (AvgIpc) is 2.57. The third-order valence-electron chi connectivity index (χ3n) is 3.08. The van der Waals surface area contributed by atoms with Gasteiger partial charge in [0.25, 0.3) is 11.6 Å². The van der Waals surface area contributed by atoms with Gasteiger partial charge in [-0.2, -0.15) is 5.26 Å². The molecule has 1 N–H and O–H groups in total. The van der Waals surface area contributed by atoms with Crippen LogP contribution in [0.2, 0.25) is 5.02 Å². The highest BCUT2D eigenvalue weighted by atomic mass is 35.5. The van der Waals surface area contributed by atoms with Gasteiger partial charge in [0.1, 0.15) is 10.8 Å². The monoisotopic (exact) mass is 345 g/mol. The summed E-state index contributed by atoms with van der Waals surface area (Å²) >= 11 is 5.72. The maximum Gasteiger partial charge on any atom is 0.289 e. The van der Waals surface area contributed by atoms with Crippen LogP contribution in [0.5, 0.6) is 5.75 Å². The molecule has 0 aliphatic carbocycles. The zero-order valence-electron chi connectivity index (χ0n) is 12.5. The number of hydrogen-bond donors (Lipinski definition) is 1. The summed E-state index contributed by atoms with van der Waals surface area (Å²) in [5, 5.41) is 22.1. The van der Waals surface area contributed by atoms with Crippen LogP contribution in [0.15, 0.2) is 42.5 Å². The standard InChI is InChI=1S/C16H12ClN3O4/c1-10(24-13-5-2-11(9-18)3-6-13)16(21)19-12-4-7-14(17)15(8-12)20(22)23/h2-8,10H,1H3,(H,19,21). The second-order valence-corrected chi connectivity index (χ2v) is 5.22. The van der Waals surface area contributed by atoms with Gasteiger partial charge in [0.05, 0.1) is 16.6 Å². The van der Waals surface area contributed by atoms with Gasteiger partial charge in [-0.1, -0.05) is 11.6 Å². The first-order valence-corrected chi connectivity index (χ1v) is 7.20. The number of hydrogen-bond acceptors (Lipinski definition) is 5. The second kappa shape index (κ2) is 7.44. The maximum atomic E-state index is 12.1. The Kier molecular flexibility index (Phi) is 5.35. The Morgan fingerprint density at radius 3 is 2.58 bits per heavy atom. The lowest BCUT2D eigenvalue weighted by atomic mass is 10.2. The lowest BCUT2D eigenvalue weighted by molar-refractivity contribution is -0.384. The van der Waals surface area contributed by atoms with Crippen molar-refractivity contribution in [2.24, 2.45) is 0 Å². The van der Waals surface area contributed by atoms with Gasteiger partial charge in [-0.05, 0) is 43.3 Å². The van der Waals surface area contributed by atoms with Crippen LogP contribution < -0.4 is 10.1 Å². The van der Waals surface area contributed by atoms with Crippen LogP contribution in [0, 0.1) is 21.4 Å². The van der Waals surface area contributed by atoms with E-state index in [1.807, 2.05) is 6.07 Å². The summed E-state index contributed by atoms with van der Waals surface area (Å²) in [4.78, 5) is 22.3. The molecule has 1 atom stereocenters. The van der Waals surface area contributed by atoms with Crippen molar-refractivity contribution in [3.63, 3.8) is 0 Å². The van der Waals surface area contributed by atoms with Gasteiger partial charge in [0, 0.05) is 11.8 Å². The highest BCUT2D eigenvalue weighted by molar-refractivity contribution is 6.32. The predicted molar refractivity (Wildman–Crippen MR) is 88.0 cm³/mol. The molecule has 0 saturated carbocycles. The number of nitrogens with zero attached hydrogens (tertiary/aromatic N) is 2. The topological polar surface area (TPSA) is 105 Å². The first-order valence-electron chi connectivity index (χ1n) is 6.82. The molecule has 0 bridgehead atoms. The summed E-state index contributed by atoms with van der Waals surface area (Å²) in [7, 11) is 0. The maximum absolute atomic E-state index is 12.1. The molecule has 0 heterocycles. The number of anilines is 1. The van der Waals surface area contributed by atoms with Gasteiger partial charge in [-0.25, -0.2) is 0 Å². The highest BCUT2D eigenvalue weighted by Crippen LogP contribution is 2.27. The van der Waals surface area contributed by atoms with Gasteiger partial charge >= 0.3 is 0 Å². The molecule has 7 nitrogen and oxygen atoms in total. The molecule has 0 saturated heterocycles. The van der Waals surface area contributed by atoms with Crippen molar-refractivity contribution >= 4 is 28.9 Å². The molecule has 122 valence electrons. The molecule has 2 aromatic rings. The van der Waals surface area contributed by atoms with E-state index in [-0.39, 0.29) is 16.4 Å². The number of ether oxygens (including phenoxy) is 1. The molecular weight excluding hydrogens is 334 g/mol. The van der Waals surface area contributed by atoms with Crippen LogP contribution in [0.1, 0.15) is 12.5 Å². The van der Waals surface area contributed by atoms with Crippen LogP contribution in [-0.2, 0) is 4.79 Å². The van der Waals surface area contributed by atoms with E-state index < -0.39 is 16.9 Å². The molecule has 0 aromatic heterocycles. The minimum atomic E-state index is -0.840. The number of rotatable bonds is 5. The number of amides is 1. The van der Waals surface area contributed by atoms with Crippen LogP contribution >= 0.6 is 11.6 Å². The largest absolute Gasteiger partial charge is 0.481 e. The average molecular weight is 346 g/mol. The fraction of sp³-hybridized carbons (Fsp3) is 0.125. The first-order chi connectivity index (χ1) is 11.4. The Morgan fingerprint density at radius 2 is 2.00 bits per heavy atom. The van der Waals surface area contributed by atoms with Gasteiger partial charge in [0.2, 0.25) is 0 Å². The zero-order chi connectivity index (χ0) is 17.7. The lowest BCUT2D eigenvalue weighted by Crippen LogP contribution is -2.30. The minimum absolute atomic E-state index is 0.0140. The van der Waals surface area contributed by atoms with Crippen LogP contribution in [0.3, 0.4) is 0 Å². The van der Waals surface area contributed by atoms with Crippen molar-refractivity contribution in [3.05, 3.63) is 63.2 Å². The van der Waals surface area contributed by atoms with E-state index in [1.54, 1.807) is 24.3 Å². The molecular formula is C16H12ClN3O4. The molecule has 1 unspecified atom stereocenters. The number of halogens is 1. The Morgan fingerprint density at radius 1 is 1.33 bits per heavy atom. The number of nitriles is 1. The van der Waals surface area contributed by atoms with E-state index >= 15 is 0 Å². The van der Waals surface area contributed by atoms with Gasteiger partial charge in [0.15, 0.2) is 6.10 Å². The van der Waals surface area contributed by atoms with E-state index in [9.17, 15) is 14.9 Å². The molecule has 0 fully saturated rings. The van der Waals surface area contributed by atoms with E-state index in [2.05, 4.69) is 5.32 Å². The molecule has 0 aliphatic heterocycles. The van der Waals surface area contributed by atoms with Crippen LogP contribution in [0.25, 0.3) is 0 Å². The van der Waals surface area contributed by atoms with Crippen molar-refractivity contribution in [3.8, 4) is 11.8 Å². The molecule has 24 heavy (non-hydrogen) atoms. The summed E-state index contributed by atoms with van der Waals surface area (Å²) in [6.07, 6.45) is -0.840. The number of nitro groups is 1. The quantitative estimate of drug-likeness (QED) is 0.659. The Hall–Kier alpha value is -3.11. The second-order valence-electron chi connectivity index (χ2n) is 4.81. The molecule has 2 rings (SSSR count). The van der Waals surface area contributed by atoms with E-state index in [0.717, 1.165) is 0 Å². The predicted octanol–water partition coefficient (Wildman–Crippen LogP) is 3.53. The summed E-state index contributed by atoms with van der Waals surface area (Å²) in [6, 6.07) is 12.3. The Bertz CT molecular complexity index is 815. The molecule has 0 spiro atoms. The fourth-order valence-electron chi connectivity index (χ4n) is 1.84. The lowest BCUT2D eigenvalue weighted by Gasteiger charge is -2.14. The van der Waals surface area contributed by atoms with Gasteiger partial charge in [-0.15, -0.1) is 0 Å². The molecule has 0 radical (unpaired) electrons. The third-order valence-corrected chi connectivity index (χ3v) is 3.40. The summed E-state index contributed by atoms with van der Waals surface area (Å²) in [5.41, 5.74) is 0.425. The SMILES string of the molecule is CC(Oc1ccc(C#N)cc1)C(=O)Nc1ccc(Cl)c([N+](=O)[O-])c1. The van der Waals surface area contributed by atoms with Crippen LogP contribution in [0.4, 0.5) is 11.4 Å². The van der Waals surface area contributed by atoms with Gasteiger partial charge in [-0.3, -0.25) is 14.9 Å². The minimum Gasteiger partial charge on any atom is -0.481 e. The number of benzene rings is 2. The third kappa shape index (κ3) is 4.21. The number of nitrogens with one attached hydrogen (secondary N) is 1. The summed E-state index contributed by atoms with van der Waals surface area (Å²) in [6.45, 7) is 1.54. The number of nitro benzene ring substituents is 1. The Balaban J connectivity index is 2.04. The molecule has 2 aromatic carbocycles. The normalized spacial score (nSPS) is 11.2. The molecule has 8 heteroatoms. The molecule has 0 aliphatic rings. The van der Waals surface area contributed by atoms with Crippen LogP contribution in [-0.4, -0.2) is 16.9 Å². The smallest absolute Gasteiger partial charge is 0.289 e. The van der Waals surface area contributed by atoms with E-state index in [1.165, 1.54) is 25.1 Å².